The number of nitrogens with zero attached hydrogens (tertiary/aromatic N) is 2. The Morgan fingerprint density at radius 1 is 1.03 bits per heavy atom. The van der Waals surface area contributed by atoms with E-state index in [2.05, 4.69) is 5.16 Å². The summed E-state index contributed by atoms with van der Waals surface area (Å²) in [7, 11) is 2.96. The highest BCUT2D eigenvalue weighted by atomic mass is 19.4. The van der Waals surface area contributed by atoms with Crippen LogP contribution in [0.4, 0.5) is 13.2 Å². The molecule has 164 valence electrons. The highest BCUT2D eigenvalue weighted by Crippen LogP contribution is 2.32. The fraction of sp³-hybridized carbons (Fsp3) is 0.273. The minimum absolute atomic E-state index is 0.110. The van der Waals surface area contributed by atoms with Gasteiger partial charge in [-0.2, -0.15) is 13.2 Å². The molecule has 0 saturated heterocycles. The quantitative estimate of drug-likeness (QED) is 0.518. The summed E-state index contributed by atoms with van der Waals surface area (Å²) in [6.45, 7) is -1.49. The number of carbonyl (C=O) groups excluding carboxylic acids is 1. The smallest absolute Gasteiger partial charge is 0.406 e. The van der Waals surface area contributed by atoms with Gasteiger partial charge in [-0.3, -0.25) is 4.79 Å². The minimum Gasteiger partial charge on any atom is -0.493 e. The number of carbonyl (C=O) groups is 1. The molecular weight excluding hydrogens is 413 g/mol. The van der Waals surface area contributed by atoms with E-state index in [1.807, 2.05) is 6.07 Å². The largest absolute Gasteiger partial charge is 0.493 e. The van der Waals surface area contributed by atoms with E-state index >= 15 is 0 Å². The lowest BCUT2D eigenvalue weighted by atomic mass is 10.1. The van der Waals surface area contributed by atoms with Crippen LogP contribution in [0.25, 0.3) is 11.3 Å². The van der Waals surface area contributed by atoms with Crippen LogP contribution in [0.2, 0.25) is 0 Å². The molecule has 0 saturated carbocycles. The van der Waals surface area contributed by atoms with E-state index in [1.165, 1.54) is 20.3 Å². The normalized spacial score (nSPS) is 11.3. The Kier molecular flexibility index (Phi) is 6.84. The summed E-state index contributed by atoms with van der Waals surface area (Å²) in [4.78, 5) is 13.5. The molecule has 2 aromatic carbocycles. The van der Waals surface area contributed by atoms with Gasteiger partial charge in [0.2, 0.25) is 0 Å². The number of methoxy groups -OCH3 is 2. The molecule has 0 spiro atoms. The van der Waals surface area contributed by atoms with Gasteiger partial charge in [0.25, 0.3) is 5.91 Å². The van der Waals surface area contributed by atoms with Gasteiger partial charge in [0.1, 0.15) is 6.54 Å². The number of amides is 1. The molecule has 1 aromatic heterocycles. The average Bonchev–Trinajstić information content (AvgIpc) is 3.26. The van der Waals surface area contributed by atoms with Crippen molar-refractivity contribution in [3.8, 4) is 22.8 Å². The molecule has 0 radical (unpaired) electrons. The fourth-order valence-corrected chi connectivity index (χ4v) is 3.04. The number of benzene rings is 2. The highest BCUT2D eigenvalue weighted by molar-refractivity contribution is 5.93. The molecule has 31 heavy (non-hydrogen) atoms. The molecule has 0 fully saturated rings. The third-order valence-corrected chi connectivity index (χ3v) is 4.57. The van der Waals surface area contributed by atoms with Gasteiger partial charge in [-0.1, -0.05) is 35.5 Å². The van der Waals surface area contributed by atoms with E-state index in [1.54, 1.807) is 42.5 Å². The van der Waals surface area contributed by atoms with Crippen molar-refractivity contribution in [3.63, 3.8) is 0 Å². The van der Waals surface area contributed by atoms with Gasteiger partial charge in [-0.25, -0.2) is 0 Å². The molecular formula is C22H21F3N2O4. The van der Waals surface area contributed by atoms with E-state index < -0.39 is 18.6 Å². The molecule has 0 atom stereocenters. The summed E-state index contributed by atoms with van der Waals surface area (Å²) in [6.07, 6.45) is -4.26. The summed E-state index contributed by atoms with van der Waals surface area (Å²) in [5, 5.41) is 3.69. The van der Waals surface area contributed by atoms with Crippen LogP contribution in [0.3, 0.4) is 0 Å². The number of hydrogen-bond acceptors (Lipinski definition) is 5. The van der Waals surface area contributed by atoms with Crippen molar-refractivity contribution in [1.29, 1.82) is 0 Å². The van der Waals surface area contributed by atoms with Crippen LogP contribution >= 0.6 is 0 Å². The predicted octanol–water partition coefficient (Wildman–Crippen LogP) is 4.61. The molecule has 3 aromatic rings. The van der Waals surface area contributed by atoms with Gasteiger partial charge in [-0.15, -0.1) is 0 Å². The third-order valence-electron chi connectivity index (χ3n) is 4.57. The lowest BCUT2D eigenvalue weighted by molar-refractivity contribution is -0.140. The van der Waals surface area contributed by atoms with Crippen molar-refractivity contribution in [1.82, 2.24) is 10.1 Å². The number of halogens is 3. The van der Waals surface area contributed by atoms with Gasteiger partial charge in [0, 0.05) is 18.2 Å². The van der Waals surface area contributed by atoms with Crippen LogP contribution in [-0.4, -0.2) is 49.4 Å². The van der Waals surface area contributed by atoms with Crippen LogP contribution < -0.4 is 9.47 Å². The first kappa shape index (κ1) is 22.2. The second-order valence-corrected chi connectivity index (χ2v) is 6.72. The third kappa shape index (κ3) is 5.78. The summed E-state index contributed by atoms with van der Waals surface area (Å²) >= 11 is 0. The number of ether oxygens (including phenoxy) is 2. The maximum atomic E-state index is 13.1. The molecule has 9 heteroatoms. The van der Waals surface area contributed by atoms with Crippen LogP contribution in [0.1, 0.15) is 16.1 Å². The number of alkyl halides is 3. The zero-order chi connectivity index (χ0) is 22.4. The van der Waals surface area contributed by atoms with Gasteiger partial charge in [0.15, 0.2) is 23.0 Å². The molecule has 1 amide bonds. The molecule has 3 rings (SSSR count). The summed E-state index contributed by atoms with van der Waals surface area (Å²) < 4.78 is 54.8. The molecule has 0 aliphatic carbocycles. The molecule has 0 unspecified atom stereocenters. The Hall–Kier alpha value is -3.49. The fourth-order valence-electron chi connectivity index (χ4n) is 3.04. The Bertz CT molecular complexity index is 1020. The van der Waals surface area contributed by atoms with Crippen molar-refractivity contribution in [2.75, 3.05) is 27.3 Å². The number of aromatic nitrogens is 1. The maximum absolute atomic E-state index is 13.1. The van der Waals surface area contributed by atoms with E-state index in [-0.39, 0.29) is 24.4 Å². The van der Waals surface area contributed by atoms with Crippen molar-refractivity contribution in [2.24, 2.45) is 0 Å². The zero-order valence-corrected chi connectivity index (χ0v) is 17.0. The predicted molar refractivity (Wildman–Crippen MR) is 107 cm³/mol. The van der Waals surface area contributed by atoms with Gasteiger partial charge < -0.3 is 18.9 Å². The first-order valence-corrected chi connectivity index (χ1v) is 9.40. The standard InChI is InChI=1S/C22H21F3N2O4/c1-29-18-9-8-16(12-20(18)30-2)19-13-17(26-31-19)21(28)27(14-22(23,24)25)11-10-15-6-4-3-5-7-15/h3-9,12-13H,10-11,14H2,1-2H3. The summed E-state index contributed by atoms with van der Waals surface area (Å²) in [6, 6.07) is 15.2. The summed E-state index contributed by atoms with van der Waals surface area (Å²) in [5.74, 6) is 0.299. The lowest BCUT2D eigenvalue weighted by Gasteiger charge is -2.23. The van der Waals surface area contributed by atoms with Gasteiger partial charge in [-0.05, 0) is 30.2 Å². The molecule has 1 heterocycles. The highest BCUT2D eigenvalue weighted by Gasteiger charge is 2.34. The van der Waals surface area contributed by atoms with E-state index in [0.29, 0.717) is 17.1 Å². The average molecular weight is 434 g/mol. The molecule has 0 N–H and O–H groups in total. The summed E-state index contributed by atoms with van der Waals surface area (Å²) in [5.41, 5.74) is 1.16. The molecule has 0 aliphatic rings. The second kappa shape index (κ2) is 9.55. The number of hydrogen-bond donors (Lipinski definition) is 0. The van der Waals surface area contributed by atoms with Crippen molar-refractivity contribution in [2.45, 2.75) is 12.6 Å². The van der Waals surface area contributed by atoms with Gasteiger partial charge >= 0.3 is 6.18 Å². The van der Waals surface area contributed by atoms with Crippen molar-refractivity contribution in [3.05, 3.63) is 65.9 Å². The van der Waals surface area contributed by atoms with E-state index in [4.69, 9.17) is 14.0 Å². The zero-order valence-electron chi connectivity index (χ0n) is 17.0. The molecule has 6 nitrogen and oxygen atoms in total. The topological polar surface area (TPSA) is 64.8 Å². The monoisotopic (exact) mass is 434 g/mol. The number of rotatable bonds is 8. The van der Waals surface area contributed by atoms with E-state index in [9.17, 15) is 18.0 Å². The first-order valence-electron chi connectivity index (χ1n) is 9.40. The minimum atomic E-state index is -4.54. The lowest BCUT2D eigenvalue weighted by Crippen LogP contribution is -2.40. The van der Waals surface area contributed by atoms with Gasteiger partial charge in [0.05, 0.1) is 14.2 Å². The molecule has 0 aliphatic heterocycles. The Balaban J connectivity index is 1.80. The van der Waals surface area contributed by atoms with Crippen molar-refractivity contribution >= 4 is 5.91 Å². The Morgan fingerprint density at radius 3 is 2.39 bits per heavy atom. The maximum Gasteiger partial charge on any atom is 0.406 e. The Morgan fingerprint density at radius 2 is 1.74 bits per heavy atom. The molecule has 0 bridgehead atoms. The van der Waals surface area contributed by atoms with E-state index in [0.717, 1.165) is 10.5 Å². The second-order valence-electron chi connectivity index (χ2n) is 6.72. The Labute approximate surface area is 177 Å². The van der Waals surface area contributed by atoms with Crippen LogP contribution in [0.15, 0.2) is 59.1 Å². The van der Waals surface area contributed by atoms with Crippen LogP contribution in [-0.2, 0) is 6.42 Å². The van der Waals surface area contributed by atoms with Crippen LogP contribution in [0, 0.1) is 0 Å². The van der Waals surface area contributed by atoms with Crippen molar-refractivity contribution < 1.29 is 32.0 Å². The first-order chi connectivity index (χ1) is 14.8. The van der Waals surface area contributed by atoms with Crippen LogP contribution in [0.5, 0.6) is 11.5 Å². The SMILES string of the molecule is COc1ccc(-c2cc(C(=O)N(CCc3ccccc3)CC(F)(F)F)no2)cc1OC.